The van der Waals surface area contributed by atoms with Gasteiger partial charge in [-0.2, -0.15) is 0 Å². The van der Waals surface area contributed by atoms with Crippen LogP contribution in [0.25, 0.3) is 0 Å². The van der Waals surface area contributed by atoms with Gasteiger partial charge in [0, 0.05) is 0 Å². The molecule has 0 saturated carbocycles. The molecule has 0 bridgehead atoms. The van der Waals surface area contributed by atoms with E-state index < -0.39 is 0 Å². The first-order valence-corrected chi connectivity index (χ1v) is 9.74. The van der Waals surface area contributed by atoms with Crippen LogP contribution in [-0.2, 0) is 4.74 Å². The van der Waals surface area contributed by atoms with Gasteiger partial charge in [0.1, 0.15) is 0 Å². The van der Waals surface area contributed by atoms with Gasteiger partial charge in [-0.05, 0) is 0 Å². The van der Waals surface area contributed by atoms with Crippen LogP contribution in [0.15, 0.2) is 84.9 Å². The molecule has 2 atom stereocenters. The molecule has 1 heterocycles. The summed E-state index contributed by atoms with van der Waals surface area (Å²) in [6, 6.07) is 28.4. The Hall–Kier alpha value is -2.35. The van der Waals surface area contributed by atoms with Gasteiger partial charge in [0.05, 0.1) is 0 Å². The van der Waals surface area contributed by atoms with Crippen molar-refractivity contribution in [1.29, 1.82) is 0 Å². The van der Waals surface area contributed by atoms with Crippen LogP contribution < -0.4 is 4.46 Å². The molecule has 0 fully saturated rings. The zero-order chi connectivity index (χ0) is 16.4. The minimum atomic E-state index is -0.228. The average molecular weight is 379 g/mol. The number of benzene rings is 3. The zero-order valence-corrected chi connectivity index (χ0v) is 14.7. The predicted molar refractivity (Wildman–Crippen MR) is 95.6 cm³/mol. The van der Waals surface area contributed by atoms with Crippen LogP contribution >= 0.6 is 0 Å². The Morgan fingerprint density at radius 1 is 0.750 bits per heavy atom. The van der Waals surface area contributed by atoms with E-state index in [-0.39, 0.29) is 31.8 Å². The average Bonchev–Trinajstić information content (AvgIpc) is 2.65. The summed E-state index contributed by atoms with van der Waals surface area (Å²) in [6.07, 6.45) is -0.228. The van der Waals surface area contributed by atoms with Gasteiger partial charge in [-0.25, -0.2) is 0 Å². The maximum atomic E-state index is 12.5. The van der Waals surface area contributed by atoms with Crippen molar-refractivity contribution in [3.05, 3.63) is 102 Å². The summed E-state index contributed by atoms with van der Waals surface area (Å²) in [5.41, 5.74) is 2.86. The van der Waals surface area contributed by atoms with Crippen LogP contribution in [0.1, 0.15) is 32.4 Å². The van der Waals surface area contributed by atoms with Crippen molar-refractivity contribution in [1.82, 2.24) is 0 Å². The summed E-state index contributed by atoms with van der Waals surface area (Å²) in [5.74, 6) is -0.223. The number of carbonyl (C=O) groups excluding carboxylic acids is 1. The number of hydrogen-bond acceptors (Lipinski definition) is 2. The van der Waals surface area contributed by atoms with E-state index in [2.05, 4.69) is 30.3 Å². The molecule has 118 valence electrons. The van der Waals surface area contributed by atoms with Gasteiger partial charge >= 0.3 is 147 Å². The fourth-order valence-electron chi connectivity index (χ4n) is 2.99. The molecule has 4 rings (SSSR count). The molecule has 3 heteroatoms. The van der Waals surface area contributed by atoms with Crippen LogP contribution in [0.5, 0.6) is 0 Å². The first-order valence-electron chi connectivity index (χ1n) is 7.89. The van der Waals surface area contributed by atoms with Crippen LogP contribution in [-0.4, -0.2) is 20.9 Å². The zero-order valence-electron chi connectivity index (χ0n) is 13.0. The third kappa shape index (κ3) is 2.89. The number of hydrogen-bond donors (Lipinski definition) is 0. The van der Waals surface area contributed by atoms with E-state index in [0.29, 0.717) is 5.56 Å². The monoisotopic (exact) mass is 380 g/mol. The Balaban J connectivity index is 1.79. The molecule has 0 unspecified atom stereocenters. The number of esters is 1. The molecule has 3 aromatic rings. The summed E-state index contributed by atoms with van der Waals surface area (Å²) in [7, 11) is 0. The number of fused-ring (bicyclic) bond motifs is 1. The second-order valence-electron chi connectivity index (χ2n) is 5.68. The molecule has 0 N–H and O–H groups in total. The number of rotatable bonds is 3. The molecule has 0 saturated heterocycles. The molecule has 0 amide bonds. The topological polar surface area (TPSA) is 26.3 Å². The molecule has 1 aliphatic heterocycles. The minimum absolute atomic E-state index is 0.165. The van der Waals surface area contributed by atoms with Crippen LogP contribution in [0, 0.1) is 0 Å². The van der Waals surface area contributed by atoms with E-state index in [4.69, 9.17) is 4.74 Å². The Labute approximate surface area is 147 Å². The van der Waals surface area contributed by atoms with Crippen molar-refractivity contribution in [2.45, 2.75) is 10.9 Å². The van der Waals surface area contributed by atoms with Crippen LogP contribution in [0.4, 0.5) is 0 Å². The fourth-order valence-corrected chi connectivity index (χ4v) is 5.67. The van der Waals surface area contributed by atoms with Gasteiger partial charge < -0.3 is 0 Å². The van der Waals surface area contributed by atoms with Gasteiger partial charge in [-0.15, -0.1) is 0 Å². The summed E-state index contributed by atoms with van der Waals surface area (Å²) >= 11 is 0.165. The second-order valence-corrected chi connectivity index (χ2v) is 8.22. The Kier molecular flexibility index (Phi) is 4.20. The molecule has 0 aliphatic carbocycles. The molecule has 1 aliphatic rings. The molecule has 3 aromatic carbocycles. The molecule has 0 radical (unpaired) electrons. The normalized spacial score (nSPS) is 19.4. The van der Waals surface area contributed by atoms with Crippen molar-refractivity contribution in [3.8, 4) is 0 Å². The molecular formula is C21H16O2Se. The van der Waals surface area contributed by atoms with Crippen molar-refractivity contribution in [2.24, 2.45) is 0 Å². The number of ether oxygens (including phenoxy) is 1. The molecule has 0 aromatic heterocycles. The molecule has 0 spiro atoms. The quantitative estimate of drug-likeness (QED) is 0.513. The SMILES string of the molecule is O=C1O[C@@H](c2ccccc2)[C@H]([Se]c2ccccc2)c2ccccc21. The van der Waals surface area contributed by atoms with E-state index >= 15 is 0 Å². The van der Waals surface area contributed by atoms with Crippen molar-refractivity contribution >= 4 is 25.4 Å². The van der Waals surface area contributed by atoms with Crippen molar-refractivity contribution in [2.75, 3.05) is 0 Å². The molecule has 2 nitrogen and oxygen atoms in total. The van der Waals surface area contributed by atoms with Gasteiger partial charge in [0.2, 0.25) is 0 Å². The van der Waals surface area contributed by atoms with E-state index in [1.54, 1.807) is 0 Å². The maximum absolute atomic E-state index is 12.5. The summed E-state index contributed by atoms with van der Waals surface area (Å²) in [6.45, 7) is 0. The summed E-state index contributed by atoms with van der Waals surface area (Å²) < 4.78 is 7.17. The predicted octanol–water partition coefficient (Wildman–Crippen LogP) is 3.67. The Morgan fingerprint density at radius 3 is 2.12 bits per heavy atom. The van der Waals surface area contributed by atoms with E-state index in [9.17, 15) is 4.79 Å². The first kappa shape index (κ1) is 15.2. The van der Waals surface area contributed by atoms with Crippen LogP contribution in [0.3, 0.4) is 0 Å². The van der Waals surface area contributed by atoms with Crippen molar-refractivity contribution < 1.29 is 9.53 Å². The molecular weight excluding hydrogens is 363 g/mol. The van der Waals surface area contributed by atoms with Crippen molar-refractivity contribution in [3.63, 3.8) is 0 Å². The van der Waals surface area contributed by atoms with Gasteiger partial charge in [0.25, 0.3) is 0 Å². The van der Waals surface area contributed by atoms with E-state index in [1.165, 1.54) is 4.46 Å². The van der Waals surface area contributed by atoms with E-state index in [0.717, 1.165) is 11.1 Å². The third-order valence-corrected chi connectivity index (χ3v) is 6.86. The van der Waals surface area contributed by atoms with Gasteiger partial charge in [-0.1, -0.05) is 0 Å². The first-order chi connectivity index (χ1) is 11.8. The van der Waals surface area contributed by atoms with Gasteiger partial charge in [0.15, 0.2) is 0 Å². The summed E-state index contributed by atoms with van der Waals surface area (Å²) in [5, 5.41) is 0. The second kappa shape index (κ2) is 6.64. The van der Waals surface area contributed by atoms with E-state index in [1.807, 2.05) is 54.6 Å². The fraction of sp³-hybridized carbons (Fsp3) is 0.0952. The van der Waals surface area contributed by atoms with Crippen LogP contribution in [0.2, 0.25) is 0 Å². The Morgan fingerprint density at radius 2 is 1.38 bits per heavy atom. The standard InChI is InChI=1S/C21H16O2Se/c22-21-18-14-8-7-13-17(18)20(24-16-11-5-2-6-12-16)19(23-21)15-9-3-1-4-10-15/h1-14,19-20H/t19-,20+/m0/s1. The summed E-state index contributed by atoms with van der Waals surface area (Å²) in [4.78, 5) is 12.6. The number of cyclic esters (lactones) is 1. The Bertz CT molecular complexity index is 846. The van der Waals surface area contributed by atoms with Gasteiger partial charge in [-0.3, -0.25) is 0 Å². The molecule has 24 heavy (non-hydrogen) atoms. The number of carbonyl (C=O) groups is 1. The third-order valence-electron chi connectivity index (χ3n) is 4.13.